The highest BCUT2D eigenvalue weighted by Gasteiger charge is 2.13. The molecule has 0 radical (unpaired) electrons. The predicted octanol–water partition coefficient (Wildman–Crippen LogP) is 2.60. The van der Waals surface area contributed by atoms with Crippen LogP contribution < -0.4 is 10.5 Å². The molecule has 0 saturated carbocycles. The topological polar surface area (TPSA) is 99.9 Å². The van der Waals surface area contributed by atoms with Gasteiger partial charge >= 0.3 is 0 Å². The predicted molar refractivity (Wildman–Crippen MR) is 131 cm³/mol. The van der Waals surface area contributed by atoms with Crippen molar-refractivity contribution in [2.75, 3.05) is 98.2 Å². The molecule has 10 heteroatoms. The van der Waals surface area contributed by atoms with Gasteiger partial charge < -0.3 is 43.3 Å². The molecule has 0 aliphatic carbocycles. The van der Waals surface area contributed by atoms with Crippen molar-refractivity contribution in [2.24, 2.45) is 0 Å². The lowest BCUT2D eigenvalue weighted by Gasteiger charge is -2.16. The largest absolute Gasteiger partial charge is 0.489 e. The second kappa shape index (κ2) is 20.2. The summed E-state index contributed by atoms with van der Waals surface area (Å²) in [5.74, 6) is 0.676. The molecule has 2 N–H and O–H groups in total. The molecule has 0 fully saturated rings. The quantitative estimate of drug-likeness (QED) is 0.141. The molecule has 0 bridgehead atoms. The molecule has 0 aliphatic rings. The lowest BCUT2D eigenvalue weighted by atomic mass is 10.3. The van der Waals surface area contributed by atoms with Crippen LogP contribution in [-0.4, -0.2) is 101 Å². The van der Waals surface area contributed by atoms with E-state index < -0.39 is 8.32 Å². The van der Waals surface area contributed by atoms with E-state index in [1.807, 2.05) is 18.2 Å². The fourth-order valence-corrected chi connectivity index (χ4v) is 3.13. The Morgan fingerprint density at radius 2 is 0.909 bits per heavy atom. The second-order valence-corrected chi connectivity index (χ2v) is 12.5. The molecular formula is C23H43NO8Si. The molecule has 192 valence electrons. The van der Waals surface area contributed by atoms with Crippen LogP contribution in [0, 0.1) is 0 Å². The molecule has 9 nitrogen and oxygen atoms in total. The summed E-state index contributed by atoms with van der Waals surface area (Å²) in [5.41, 5.74) is 6.43. The number of para-hydroxylation sites is 2. The maximum absolute atomic E-state index is 5.80. The highest BCUT2D eigenvalue weighted by molar-refractivity contribution is 6.69. The summed E-state index contributed by atoms with van der Waals surface area (Å²) in [4.78, 5) is 0. The van der Waals surface area contributed by atoms with Gasteiger partial charge in [-0.05, 0) is 31.8 Å². The standard InChI is InChI=1S/C23H43NO8Si/c1-33(2,3)32-21-19-30-17-15-28-13-11-26-9-8-25-10-12-27-14-16-29-18-20-31-23-7-5-4-6-22(23)24/h4-7H,8-21,24H2,1-3H3. The molecule has 0 saturated heterocycles. The van der Waals surface area contributed by atoms with E-state index in [-0.39, 0.29) is 0 Å². The summed E-state index contributed by atoms with van der Waals surface area (Å²) >= 11 is 0. The molecule has 0 spiro atoms. The third-order valence-corrected chi connectivity index (χ3v) is 5.10. The molecule has 0 amide bonds. The molecule has 0 aliphatic heterocycles. The van der Waals surface area contributed by atoms with Gasteiger partial charge in [-0.3, -0.25) is 0 Å². The molecule has 0 atom stereocenters. The highest BCUT2D eigenvalue weighted by Crippen LogP contribution is 2.19. The third-order valence-electron chi connectivity index (χ3n) is 4.03. The van der Waals surface area contributed by atoms with Gasteiger partial charge in [-0.15, -0.1) is 0 Å². The van der Waals surface area contributed by atoms with Crippen molar-refractivity contribution in [1.29, 1.82) is 0 Å². The Bertz CT molecular complexity index is 574. The monoisotopic (exact) mass is 489 g/mol. The summed E-state index contributed by atoms with van der Waals surface area (Å²) in [7, 11) is -1.44. The van der Waals surface area contributed by atoms with Crippen LogP contribution in [0.25, 0.3) is 0 Å². The van der Waals surface area contributed by atoms with E-state index >= 15 is 0 Å². The van der Waals surface area contributed by atoms with Gasteiger partial charge in [0.15, 0.2) is 8.32 Å². The van der Waals surface area contributed by atoms with E-state index in [2.05, 4.69) is 19.6 Å². The summed E-state index contributed by atoms with van der Waals surface area (Å²) < 4.78 is 44.0. The van der Waals surface area contributed by atoms with Gasteiger partial charge in [-0.25, -0.2) is 0 Å². The van der Waals surface area contributed by atoms with Crippen LogP contribution >= 0.6 is 0 Å². The van der Waals surface area contributed by atoms with Crippen molar-refractivity contribution in [3.63, 3.8) is 0 Å². The molecule has 1 aromatic rings. The third kappa shape index (κ3) is 19.9. The first-order valence-electron chi connectivity index (χ1n) is 11.6. The molecular weight excluding hydrogens is 446 g/mol. The van der Waals surface area contributed by atoms with Crippen LogP contribution in [0.15, 0.2) is 24.3 Å². The Balaban J connectivity index is 1.70. The Morgan fingerprint density at radius 1 is 0.545 bits per heavy atom. The van der Waals surface area contributed by atoms with Crippen molar-refractivity contribution in [3.8, 4) is 5.75 Å². The van der Waals surface area contributed by atoms with Crippen molar-refractivity contribution in [3.05, 3.63) is 24.3 Å². The number of nitrogens with two attached hydrogens (primary N) is 1. The molecule has 1 aromatic carbocycles. The van der Waals surface area contributed by atoms with Gasteiger partial charge in [0.2, 0.25) is 0 Å². The number of nitrogen functional groups attached to an aromatic ring is 1. The SMILES string of the molecule is C[Si](C)(C)OCCOCCOCCOCCOCCOCCOCCOc1ccccc1N. The first-order chi connectivity index (χ1) is 16.0. The minimum atomic E-state index is -1.44. The van der Waals surface area contributed by atoms with Crippen molar-refractivity contribution in [1.82, 2.24) is 0 Å². The van der Waals surface area contributed by atoms with Crippen LogP contribution in [-0.2, 0) is 32.8 Å². The molecule has 0 aromatic heterocycles. The Morgan fingerprint density at radius 3 is 1.30 bits per heavy atom. The average molecular weight is 490 g/mol. The van der Waals surface area contributed by atoms with E-state index in [4.69, 9.17) is 43.3 Å². The van der Waals surface area contributed by atoms with E-state index in [0.29, 0.717) is 104 Å². The zero-order valence-corrected chi connectivity index (χ0v) is 21.6. The summed E-state index contributed by atoms with van der Waals surface area (Å²) in [5, 5.41) is 0. The van der Waals surface area contributed by atoms with Gasteiger partial charge in [-0.2, -0.15) is 0 Å². The summed E-state index contributed by atoms with van der Waals surface area (Å²) in [6.07, 6.45) is 0. The fraction of sp³-hybridized carbons (Fsp3) is 0.739. The van der Waals surface area contributed by atoms with Gasteiger partial charge in [-0.1, -0.05) is 12.1 Å². The molecule has 1 rings (SSSR count). The van der Waals surface area contributed by atoms with Crippen molar-refractivity contribution in [2.45, 2.75) is 19.6 Å². The smallest absolute Gasteiger partial charge is 0.183 e. The summed E-state index contributed by atoms with van der Waals surface area (Å²) in [6.45, 7) is 14.0. The second-order valence-electron chi connectivity index (χ2n) is 8.02. The lowest BCUT2D eigenvalue weighted by molar-refractivity contribution is -0.0188. The maximum atomic E-state index is 5.80. The van der Waals surface area contributed by atoms with Crippen molar-refractivity contribution < 1.29 is 37.6 Å². The minimum Gasteiger partial charge on any atom is -0.489 e. The fourth-order valence-electron chi connectivity index (χ4n) is 2.43. The van der Waals surface area contributed by atoms with Crippen LogP contribution in [0.1, 0.15) is 0 Å². The zero-order valence-electron chi connectivity index (χ0n) is 20.6. The molecule has 0 heterocycles. The van der Waals surface area contributed by atoms with E-state index in [0.717, 1.165) is 0 Å². The van der Waals surface area contributed by atoms with Crippen LogP contribution in [0.5, 0.6) is 5.75 Å². The van der Waals surface area contributed by atoms with E-state index in [9.17, 15) is 0 Å². The van der Waals surface area contributed by atoms with Crippen LogP contribution in [0.2, 0.25) is 19.6 Å². The Kier molecular flexibility index (Phi) is 18.2. The van der Waals surface area contributed by atoms with Gasteiger partial charge in [0, 0.05) is 0 Å². The van der Waals surface area contributed by atoms with E-state index in [1.54, 1.807) is 6.07 Å². The molecule has 0 unspecified atom stereocenters. The lowest BCUT2D eigenvalue weighted by Crippen LogP contribution is -2.27. The van der Waals surface area contributed by atoms with Crippen LogP contribution in [0.4, 0.5) is 5.69 Å². The molecule has 33 heavy (non-hydrogen) atoms. The number of rotatable bonds is 23. The van der Waals surface area contributed by atoms with Crippen LogP contribution in [0.3, 0.4) is 0 Å². The first kappa shape index (κ1) is 29.8. The normalized spacial score (nSPS) is 11.7. The highest BCUT2D eigenvalue weighted by atomic mass is 28.4. The van der Waals surface area contributed by atoms with E-state index in [1.165, 1.54) is 0 Å². The number of ether oxygens (including phenoxy) is 7. The Hall–Kier alpha value is -1.24. The number of hydrogen-bond donors (Lipinski definition) is 1. The first-order valence-corrected chi connectivity index (χ1v) is 15.0. The average Bonchev–Trinajstić information content (AvgIpc) is 2.77. The minimum absolute atomic E-state index is 0.449. The summed E-state index contributed by atoms with van der Waals surface area (Å²) in [6, 6.07) is 7.39. The van der Waals surface area contributed by atoms with Gasteiger partial charge in [0.25, 0.3) is 0 Å². The zero-order chi connectivity index (χ0) is 24.0. The maximum Gasteiger partial charge on any atom is 0.183 e. The Labute approximate surface area is 199 Å². The number of anilines is 1. The van der Waals surface area contributed by atoms with Gasteiger partial charge in [0.1, 0.15) is 12.4 Å². The van der Waals surface area contributed by atoms with Crippen molar-refractivity contribution >= 4 is 14.0 Å². The number of hydrogen-bond acceptors (Lipinski definition) is 9. The number of benzene rings is 1. The van der Waals surface area contributed by atoms with Gasteiger partial charge in [0.05, 0.1) is 91.6 Å².